The molecule has 25 heavy (non-hydrogen) atoms. The Labute approximate surface area is 152 Å². The molecule has 2 aromatic carbocycles. The van der Waals surface area contributed by atoms with Gasteiger partial charge in [0.15, 0.2) is 0 Å². The molecule has 0 unspecified atom stereocenters. The lowest BCUT2D eigenvalue weighted by molar-refractivity contribution is 0.112. The van der Waals surface area contributed by atoms with Gasteiger partial charge in [0.05, 0.1) is 12.5 Å². The van der Waals surface area contributed by atoms with E-state index in [0.717, 1.165) is 36.8 Å². The predicted octanol–water partition coefficient (Wildman–Crippen LogP) is 4.39. The predicted molar refractivity (Wildman–Crippen MR) is 107 cm³/mol. The van der Waals surface area contributed by atoms with E-state index in [-0.39, 0.29) is 0 Å². The van der Waals surface area contributed by atoms with Gasteiger partial charge in [-0.1, -0.05) is 53.6 Å². The van der Waals surface area contributed by atoms with Gasteiger partial charge in [-0.05, 0) is 37.0 Å². The van der Waals surface area contributed by atoms with Gasteiger partial charge >= 0.3 is 0 Å². The first-order chi connectivity index (χ1) is 12.0. The molecule has 0 aliphatic rings. The molecule has 0 N–H and O–H groups in total. The molecule has 0 bridgehead atoms. The summed E-state index contributed by atoms with van der Waals surface area (Å²) in [6.07, 6.45) is 8.55. The zero-order chi connectivity index (χ0) is 18.2. The number of hydrogen-bond acceptors (Lipinski definition) is 2. The van der Waals surface area contributed by atoms with Crippen molar-refractivity contribution in [2.75, 3.05) is 12.5 Å². The van der Waals surface area contributed by atoms with E-state index in [1.165, 1.54) is 16.5 Å². The Kier molecular flexibility index (Phi) is 7.29. The minimum Gasteiger partial charge on any atom is -0.617 e. The van der Waals surface area contributed by atoms with Gasteiger partial charge in [-0.2, -0.15) is 0 Å². The van der Waals surface area contributed by atoms with Crippen LogP contribution in [0.15, 0.2) is 54.7 Å². The average Bonchev–Trinajstić information content (AvgIpc) is 2.91. The number of rotatable bonds is 5. The minimum atomic E-state index is -0.611. The third-order valence-corrected chi connectivity index (χ3v) is 3.95. The second-order valence-corrected chi connectivity index (χ2v) is 7.71. The minimum absolute atomic E-state index is 0.611. The van der Waals surface area contributed by atoms with Crippen LogP contribution in [0, 0.1) is 6.92 Å². The molecule has 0 radical (unpaired) electrons. The molecule has 132 valence electrons. The fraction of sp³-hybridized carbons (Fsp3) is 0.286. The van der Waals surface area contributed by atoms with Crippen LogP contribution in [-0.4, -0.2) is 27.9 Å². The number of carbonyl (C=O) groups excluding carboxylic acids is 1. The van der Waals surface area contributed by atoms with Crippen LogP contribution in [0.4, 0.5) is 0 Å². The SMILES string of the molecule is C[S+](C)[O-].Cc1cn(CCCc2ccccc2)c2cc(C=O)ccc12. The highest BCUT2D eigenvalue weighted by Crippen LogP contribution is 2.22. The van der Waals surface area contributed by atoms with Crippen LogP contribution >= 0.6 is 0 Å². The number of carbonyl (C=O) groups is 1. The number of hydrogen-bond donors (Lipinski definition) is 0. The third-order valence-electron chi connectivity index (χ3n) is 3.95. The molecule has 0 spiro atoms. The van der Waals surface area contributed by atoms with Crippen LogP contribution < -0.4 is 0 Å². The van der Waals surface area contributed by atoms with E-state index in [1.54, 1.807) is 12.5 Å². The fourth-order valence-electron chi connectivity index (χ4n) is 2.85. The summed E-state index contributed by atoms with van der Waals surface area (Å²) in [6.45, 7) is 3.10. The molecule has 1 aromatic heterocycles. The molecule has 0 aliphatic carbocycles. The normalized spacial score (nSPS) is 10.6. The molecule has 1 heterocycles. The van der Waals surface area contributed by atoms with Gasteiger partial charge in [0.2, 0.25) is 0 Å². The van der Waals surface area contributed by atoms with E-state index in [1.807, 2.05) is 24.3 Å². The topological polar surface area (TPSA) is 45.1 Å². The molecule has 3 aromatic rings. The Bertz CT molecular complexity index is 807. The second kappa shape index (κ2) is 9.44. The van der Waals surface area contributed by atoms with Crippen molar-refractivity contribution >= 4 is 28.4 Å². The Hall–Kier alpha value is -2.04. The lowest BCUT2D eigenvalue weighted by Gasteiger charge is -2.06. The van der Waals surface area contributed by atoms with Crippen molar-refractivity contribution in [1.29, 1.82) is 0 Å². The summed E-state index contributed by atoms with van der Waals surface area (Å²) < 4.78 is 11.8. The van der Waals surface area contributed by atoms with E-state index >= 15 is 0 Å². The average molecular weight is 356 g/mol. The van der Waals surface area contributed by atoms with Gasteiger partial charge in [0.1, 0.15) is 6.29 Å². The van der Waals surface area contributed by atoms with Crippen molar-refractivity contribution in [1.82, 2.24) is 4.57 Å². The fourth-order valence-corrected chi connectivity index (χ4v) is 2.85. The van der Waals surface area contributed by atoms with Crippen LogP contribution in [0.2, 0.25) is 0 Å². The van der Waals surface area contributed by atoms with Gasteiger partial charge in [0, 0.05) is 29.2 Å². The smallest absolute Gasteiger partial charge is 0.150 e. The van der Waals surface area contributed by atoms with Gasteiger partial charge in [-0.25, -0.2) is 0 Å². The standard InChI is InChI=1S/C19H19NO.C2H6OS/c1-15-13-20(11-5-8-16-6-3-2-4-7-16)19-12-17(14-21)9-10-18(15)19;1-4(2)3/h2-4,6-7,9-10,12-14H,5,8,11H2,1H3;1-2H3. The Morgan fingerprint density at radius 1 is 1.12 bits per heavy atom. The maximum absolute atomic E-state index is 11.0. The maximum atomic E-state index is 11.0. The summed E-state index contributed by atoms with van der Waals surface area (Å²) in [5.74, 6) is 0. The molecule has 0 fully saturated rings. The maximum Gasteiger partial charge on any atom is 0.150 e. The number of nitrogens with zero attached hydrogens (tertiary/aromatic N) is 1. The molecule has 0 atom stereocenters. The van der Waals surface area contributed by atoms with Crippen molar-refractivity contribution < 1.29 is 9.35 Å². The monoisotopic (exact) mass is 355 g/mol. The Morgan fingerprint density at radius 3 is 2.44 bits per heavy atom. The number of aldehydes is 1. The first kappa shape index (κ1) is 19.3. The van der Waals surface area contributed by atoms with Crippen molar-refractivity contribution in [3.05, 3.63) is 71.4 Å². The van der Waals surface area contributed by atoms with Crippen molar-refractivity contribution in [2.24, 2.45) is 0 Å². The van der Waals surface area contributed by atoms with E-state index in [2.05, 4.69) is 42.0 Å². The number of fused-ring (bicyclic) bond motifs is 1. The molecular weight excluding hydrogens is 330 g/mol. The number of aryl methyl sites for hydroxylation is 3. The lowest BCUT2D eigenvalue weighted by Crippen LogP contribution is -1.98. The van der Waals surface area contributed by atoms with Crippen LogP contribution in [-0.2, 0) is 24.1 Å². The molecule has 0 aliphatic heterocycles. The summed E-state index contributed by atoms with van der Waals surface area (Å²) in [4.78, 5) is 11.0. The van der Waals surface area contributed by atoms with Crippen LogP contribution in [0.1, 0.15) is 27.9 Å². The molecule has 4 heteroatoms. The molecule has 0 saturated heterocycles. The summed E-state index contributed by atoms with van der Waals surface area (Å²) in [6, 6.07) is 16.5. The highest BCUT2D eigenvalue weighted by molar-refractivity contribution is 7.89. The Balaban J connectivity index is 0.000000511. The molecule has 0 saturated carbocycles. The largest absolute Gasteiger partial charge is 0.617 e. The number of aromatic nitrogens is 1. The number of benzene rings is 2. The zero-order valence-electron chi connectivity index (χ0n) is 15.1. The third kappa shape index (κ3) is 5.76. The zero-order valence-corrected chi connectivity index (χ0v) is 15.9. The first-order valence-electron chi connectivity index (χ1n) is 8.35. The van der Waals surface area contributed by atoms with Gasteiger partial charge < -0.3 is 9.12 Å². The summed E-state index contributed by atoms with van der Waals surface area (Å²) >= 11 is -0.611. The molecule has 3 nitrogen and oxygen atoms in total. The van der Waals surface area contributed by atoms with Gasteiger partial charge in [-0.3, -0.25) is 4.79 Å². The summed E-state index contributed by atoms with van der Waals surface area (Å²) in [5, 5.41) is 1.24. The van der Waals surface area contributed by atoms with Crippen molar-refractivity contribution in [3.63, 3.8) is 0 Å². The molecule has 3 rings (SSSR count). The Morgan fingerprint density at radius 2 is 1.80 bits per heavy atom. The summed E-state index contributed by atoms with van der Waals surface area (Å²) in [5.41, 5.74) is 4.54. The highest BCUT2D eigenvalue weighted by Gasteiger charge is 2.06. The van der Waals surface area contributed by atoms with E-state index in [0.29, 0.717) is 0 Å². The molecular formula is C21H25NO2S. The second-order valence-electron chi connectivity index (χ2n) is 6.23. The van der Waals surface area contributed by atoms with Crippen LogP contribution in [0.3, 0.4) is 0 Å². The van der Waals surface area contributed by atoms with Crippen LogP contribution in [0.25, 0.3) is 10.9 Å². The van der Waals surface area contributed by atoms with E-state index < -0.39 is 11.2 Å². The van der Waals surface area contributed by atoms with Crippen LogP contribution in [0.5, 0.6) is 0 Å². The first-order valence-corrected chi connectivity index (χ1v) is 10.3. The van der Waals surface area contributed by atoms with E-state index in [4.69, 9.17) is 0 Å². The van der Waals surface area contributed by atoms with Gasteiger partial charge in [0.25, 0.3) is 0 Å². The van der Waals surface area contributed by atoms with Crippen molar-refractivity contribution in [3.8, 4) is 0 Å². The lowest BCUT2D eigenvalue weighted by atomic mass is 10.1. The quantitative estimate of drug-likeness (QED) is 0.503. The van der Waals surface area contributed by atoms with E-state index in [9.17, 15) is 9.35 Å². The summed E-state index contributed by atoms with van der Waals surface area (Å²) in [7, 11) is 0. The molecule has 0 amide bonds. The van der Waals surface area contributed by atoms with Crippen molar-refractivity contribution in [2.45, 2.75) is 26.3 Å². The van der Waals surface area contributed by atoms with Gasteiger partial charge in [-0.15, -0.1) is 0 Å². The highest BCUT2D eigenvalue weighted by atomic mass is 32.2.